The minimum atomic E-state index is -4.47. The minimum absolute atomic E-state index is 0.0228. The van der Waals surface area contributed by atoms with Crippen molar-refractivity contribution in [1.82, 2.24) is 5.32 Å². The first kappa shape index (κ1) is 35.3. The molecule has 1 unspecified atom stereocenters. The number of carbonyl (C=O) groups excluding carboxylic acids is 1. The number of quaternary nitrogens is 1. The van der Waals surface area contributed by atoms with E-state index in [0.29, 0.717) is 17.6 Å². The van der Waals surface area contributed by atoms with Gasteiger partial charge >= 0.3 is 6.09 Å². The highest BCUT2D eigenvalue weighted by Gasteiger charge is 2.19. The Morgan fingerprint density at radius 3 is 1.78 bits per heavy atom. The third kappa shape index (κ3) is 25.0. The van der Waals surface area contributed by atoms with E-state index in [1.54, 1.807) is 0 Å². The van der Waals surface area contributed by atoms with Crippen LogP contribution >= 0.6 is 7.82 Å². The molecule has 0 aromatic heterocycles. The zero-order chi connectivity index (χ0) is 27.1. The number of hydrogen-bond donors (Lipinski definition) is 1. The van der Waals surface area contributed by atoms with Crippen molar-refractivity contribution < 1.29 is 37.3 Å². The second kappa shape index (κ2) is 22.3. The number of nitrogens with zero attached hydrogens (tertiary/aromatic N) is 1. The van der Waals surface area contributed by atoms with Gasteiger partial charge in [0.05, 0.1) is 47.5 Å². The van der Waals surface area contributed by atoms with Crippen LogP contribution in [0.25, 0.3) is 0 Å². The van der Waals surface area contributed by atoms with E-state index in [2.05, 4.69) is 17.0 Å². The van der Waals surface area contributed by atoms with Crippen LogP contribution in [0.2, 0.25) is 0 Å². The number of phosphoric acid groups is 1. The molecule has 0 radical (unpaired) electrons. The fourth-order valence-corrected chi connectivity index (χ4v) is 4.37. The maximum Gasteiger partial charge on any atom is 0.407 e. The number of ether oxygens (including phenoxy) is 2. The van der Waals surface area contributed by atoms with Gasteiger partial charge in [0.15, 0.2) is 0 Å². The van der Waals surface area contributed by atoms with Crippen LogP contribution in [-0.2, 0) is 23.1 Å². The van der Waals surface area contributed by atoms with Crippen LogP contribution in [0.4, 0.5) is 4.79 Å². The summed E-state index contributed by atoms with van der Waals surface area (Å²) in [6.45, 7) is 3.20. The smallest absolute Gasteiger partial charge is 0.407 e. The molecule has 0 aliphatic carbocycles. The first-order valence-electron chi connectivity index (χ1n) is 13.9. The second-order valence-electron chi connectivity index (χ2n) is 10.6. The molecule has 0 saturated heterocycles. The first-order valence-corrected chi connectivity index (χ1v) is 15.4. The highest BCUT2D eigenvalue weighted by atomic mass is 32.2. The molecule has 216 valence electrons. The van der Waals surface area contributed by atoms with Crippen LogP contribution in [0.15, 0.2) is 0 Å². The molecular formula is C26H55N2O7P. The van der Waals surface area contributed by atoms with Crippen molar-refractivity contribution in [2.45, 2.75) is 103 Å². The standard InChI is InChI=1S/C26H55N2O7P/c1-6-7-8-9-10-11-12-13-14-15-16-17-18-19-21-33-23-25(27-26(29)32-5)24-35-36(30,31)34-22-20-28(2,3)4/h25H,6-24H2,1-5H3,(H-,27,29,30,31)/t25-/m1/s1/i36+1. The number of phosphoric ester groups is 1. The quantitative estimate of drug-likeness (QED) is 0.0938. The highest BCUT2D eigenvalue weighted by Crippen LogP contribution is 2.38. The average Bonchev–Trinajstić information content (AvgIpc) is 2.81. The van der Waals surface area contributed by atoms with E-state index in [1.165, 1.54) is 84.2 Å². The predicted octanol–water partition coefficient (Wildman–Crippen LogP) is 5.42. The summed E-state index contributed by atoms with van der Waals surface area (Å²) in [5.74, 6) is 0. The van der Waals surface area contributed by atoms with Crippen molar-refractivity contribution >= 4 is 13.9 Å². The molecule has 2 atom stereocenters. The third-order valence-corrected chi connectivity index (χ3v) is 6.88. The zero-order valence-corrected chi connectivity index (χ0v) is 24.7. The molecule has 0 aliphatic rings. The van der Waals surface area contributed by atoms with Gasteiger partial charge in [0.2, 0.25) is 0 Å². The maximum absolute atomic E-state index is 12.0. The summed E-state index contributed by atoms with van der Waals surface area (Å²) in [5.41, 5.74) is 0. The van der Waals surface area contributed by atoms with Gasteiger partial charge < -0.3 is 33.2 Å². The van der Waals surface area contributed by atoms with Crippen molar-refractivity contribution in [1.29, 1.82) is 0 Å². The van der Waals surface area contributed by atoms with E-state index >= 15 is 0 Å². The maximum atomic E-state index is 12.0. The van der Waals surface area contributed by atoms with Crippen LogP contribution in [0.5, 0.6) is 0 Å². The molecule has 36 heavy (non-hydrogen) atoms. The van der Waals surface area contributed by atoms with Gasteiger partial charge in [0.25, 0.3) is 7.82 Å². The van der Waals surface area contributed by atoms with Gasteiger partial charge in [0.1, 0.15) is 13.2 Å². The van der Waals surface area contributed by atoms with Gasteiger partial charge in [-0.2, -0.15) is 0 Å². The van der Waals surface area contributed by atoms with E-state index in [0.717, 1.165) is 12.8 Å². The molecule has 0 heterocycles. The van der Waals surface area contributed by atoms with Crippen LogP contribution < -0.4 is 10.2 Å². The molecule has 0 aromatic rings. The summed E-state index contributed by atoms with van der Waals surface area (Å²) >= 11 is 0. The first-order chi connectivity index (χ1) is 17.1. The van der Waals surface area contributed by atoms with Crippen molar-refractivity contribution in [3.8, 4) is 0 Å². The molecule has 1 N–H and O–H groups in total. The van der Waals surface area contributed by atoms with Crippen LogP contribution in [0.3, 0.4) is 0 Å². The van der Waals surface area contributed by atoms with Crippen molar-refractivity contribution in [2.75, 3.05) is 61.2 Å². The van der Waals surface area contributed by atoms with Gasteiger partial charge in [-0.1, -0.05) is 90.4 Å². The van der Waals surface area contributed by atoms with Crippen molar-refractivity contribution in [3.05, 3.63) is 0 Å². The molecule has 0 aliphatic heterocycles. The molecular weight excluding hydrogens is 484 g/mol. The topological polar surface area (TPSA) is 106 Å². The monoisotopic (exact) mass is 539 g/mol. The molecule has 0 rings (SSSR count). The number of alkyl carbamates (subject to hydrolysis) is 1. The Bertz CT molecular complexity index is 573. The Morgan fingerprint density at radius 1 is 0.806 bits per heavy atom. The summed E-state index contributed by atoms with van der Waals surface area (Å²) in [6.07, 6.45) is 17.4. The van der Waals surface area contributed by atoms with Crippen LogP contribution in [0.1, 0.15) is 96.8 Å². The highest BCUT2D eigenvalue weighted by molar-refractivity contribution is 7.45. The lowest BCUT2D eigenvalue weighted by molar-refractivity contribution is -0.870. The van der Waals surface area contributed by atoms with Crippen molar-refractivity contribution in [3.63, 3.8) is 0 Å². The van der Waals surface area contributed by atoms with Crippen LogP contribution in [-0.4, -0.2) is 77.8 Å². The Hall–Kier alpha value is -0.700. The lowest BCUT2D eigenvalue weighted by Gasteiger charge is -2.28. The number of nitrogens with one attached hydrogen (secondary N) is 1. The van der Waals surface area contributed by atoms with E-state index in [-0.39, 0.29) is 19.8 Å². The zero-order valence-electron chi connectivity index (χ0n) is 23.8. The summed E-state index contributed by atoms with van der Waals surface area (Å²) < 4.78 is 32.7. The number of likely N-dealkylation sites (N-methyl/N-ethyl adjacent to an activating group) is 1. The number of hydrogen-bond acceptors (Lipinski definition) is 7. The lowest BCUT2D eigenvalue weighted by atomic mass is 10.0. The Labute approximate surface area is 220 Å². The average molecular weight is 540 g/mol. The molecule has 9 nitrogen and oxygen atoms in total. The molecule has 10 heteroatoms. The van der Waals surface area contributed by atoms with Crippen molar-refractivity contribution in [2.24, 2.45) is 0 Å². The summed E-state index contributed by atoms with van der Waals surface area (Å²) in [5, 5.41) is 2.54. The molecule has 0 bridgehead atoms. The number of carbonyl (C=O) groups is 1. The van der Waals surface area contributed by atoms with Gasteiger partial charge in [0, 0.05) is 6.61 Å². The van der Waals surface area contributed by atoms with Gasteiger partial charge in [-0.3, -0.25) is 4.57 Å². The number of unbranched alkanes of at least 4 members (excludes halogenated alkanes) is 13. The van der Waals surface area contributed by atoms with Crippen LogP contribution in [0, 0.1) is 0 Å². The number of methoxy groups -OCH3 is 1. The Balaban J connectivity index is 3.88. The third-order valence-electron chi connectivity index (χ3n) is 5.91. The van der Waals surface area contributed by atoms with E-state index < -0.39 is 20.0 Å². The normalized spacial score (nSPS) is 14.4. The predicted molar refractivity (Wildman–Crippen MR) is 143 cm³/mol. The molecule has 1 amide bonds. The van der Waals surface area contributed by atoms with E-state index in [4.69, 9.17) is 13.8 Å². The SMILES string of the molecule is CCCCCCCCCCCCCCCCOC[C@H](CO[32P](=O)([O-])OCC[N+](C)(C)C)NC(=O)OC. The molecule has 0 saturated carbocycles. The van der Waals surface area contributed by atoms with E-state index in [9.17, 15) is 14.3 Å². The fourth-order valence-electron chi connectivity index (χ4n) is 3.63. The summed E-state index contributed by atoms with van der Waals surface area (Å²) in [4.78, 5) is 23.6. The van der Waals surface area contributed by atoms with Gasteiger partial charge in [-0.05, 0) is 6.42 Å². The Morgan fingerprint density at radius 2 is 1.31 bits per heavy atom. The number of rotatable bonds is 25. The minimum Gasteiger partial charge on any atom is -0.756 e. The Kier molecular flexibility index (Phi) is 21.9. The lowest BCUT2D eigenvalue weighted by Crippen LogP contribution is -2.42. The van der Waals surface area contributed by atoms with E-state index in [1.807, 2.05) is 21.1 Å². The summed E-state index contributed by atoms with van der Waals surface area (Å²) in [6, 6.07) is -0.659. The largest absolute Gasteiger partial charge is 0.756 e. The number of amides is 1. The molecule has 0 aromatic carbocycles. The fraction of sp³-hybridized carbons (Fsp3) is 0.962. The van der Waals surface area contributed by atoms with Gasteiger partial charge in [-0.25, -0.2) is 4.79 Å². The summed E-state index contributed by atoms with van der Waals surface area (Å²) in [7, 11) is 2.59. The van der Waals surface area contributed by atoms with Gasteiger partial charge in [-0.15, -0.1) is 0 Å². The molecule has 0 fully saturated rings. The second-order valence-corrected chi connectivity index (χ2v) is 12.0. The molecule has 0 spiro atoms.